The van der Waals surface area contributed by atoms with Crippen LogP contribution in [0.15, 0.2) is 48.5 Å². The predicted octanol–water partition coefficient (Wildman–Crippen LogP) is 3.93. The minimum atomic E-state index is -0.227. The van der Waals surface area contributed by atoms with Gasteiger partial charge in [-0.25, -0.2) is 4.39 Å². The molecule has 0 saturated carbocycles. The molecule has 0 radical (unpaired) electrons. The van der Waals surface area contributed by atoms with Crippen molar-refractivity contribution < 1.29 is 9.18 Å². The van der Waals surface area contributed by atoms with Crippen molar-refractivity contribution in [1.29, 1.82) is 0 Å². The third-order valence-corrected chi connectivity index (χ3v) is 4.69. The van der Waals surface area contributed by atoms with E-state index in [0.29, 0.717) is 18.5 Å². The number of hydrogen-bond acceptors (Lipinski definition) is 3. The van der Waals surface area contributed by atoms with E-state index >= 15 is 0 Å². The maximum atomic E-state index is 13.6. The molecule has 0 aromatic heterocycles. The number of carbonyl (C=O) groups excluding carboxylic acids is 1. The van der Waals surface area contributed by atoms with Crippen LogP contribution in [0.2, 0.25) is 0 Å². The SMILES string of the molecule is CC(CC(=O)Nc1cccc(N2CCCC2)c1)NCc1ccccc1F. The van der Waals surface area contributed by atoms with Gasteiger partial charge < -0.3 is 15.5 Å². The summed E-state index contributed by atoms with van der Waals surface area (Å²) in [5.74, 6) is -0.271. The molecule has 4 nitrogen and oxygen atoms in total. The van der Waals surface area contributed by atoms with Crippen molar-refractivity contribution in [3.63, 3.8) is 0 Å². The van der Waals surface area contributed by atoms with Crippen LogP contribution >= 0.6 is 0 Å². The van der Waals surface area contributed by atoms with Crippen LogP contribution in [-0.2, 0) is 11.3 Å². The van der Waals surface area contributed by atoms with Crippen LogP contribution in [-0.4, -0.2) is 25.0 Å². The van der Waals surface area contributed by atoms with E-state index in [0.717, 1.165) is 24.5 Å². The molecule has 1 fully saturated rings. The first kappa shape index (κ1) is 18.4. The zero-order valence-corrected chi connectivity index (χ0v) is 15.2. The van der Waals surface area contributed by atoms with Crippen LogP contribution < -0.4 is 15.5 Å². The quantitative estimate of drug-likeness (QED) is 0.791. The summed E-state index contributed by atoms with van der Waals surface area (Å²) < 4.78 is 13.6. The number of hydrogen-bond donors (Lipinski definition) is 2. The lowest BCUT2D eigenvalue weighted by Crippen LogP contribution is -2.30. The number of nitrogens with one attached hydrogen (secondary N) is 2. The number of anilines is 2. The topological polar surface area (TPSA) is 44.4 Å². The lowest BCUT2D eigenvalue weighted by Gasteiger charge is -2.19. The lowest BCUT2D eigenvalue weighted by atomic mass is 10.1. The second kappa shape index (κ2) is 8.81. The summed E-state index contributed by atoms with van der Waals surface area (Å²) in [5.41, 5.74) is 2.59. The van der Waals surface area contributed by atoms with Gasteiger partial charge in [-0.2, -0.15) is 0 Å². The molecule has 0 spiro atoms. The number of amides is 1. The fourth-order valence-corrected chi connectivity index (χ4v) is 3.24. The van der Waals surface area contributed by atoms with Gasteiger partial charge in [-0.3, -0.25) is 4.79 Å². The lowest BCUT2D eigenvalue weighted by molar-refractivity contribution is -0.116. The molecule has 1 saturated heterocycles. The van der Waals surface area contributed by atoms with E-state index < -0.39 is 0 Å². The Hall–Kier alpha value is -2.40. The van der Waals surface area contributed by atoms with Crippen LogP contribution in [0.5, 0.6) is 0 Å². The molecule has 0 bridgehead atoms. The zero-order chi connectivity index (χ0) is 18.4. The molecule has 26 heavy (non-hydrogen) atoms. The van der Waals surface area contributed by atoms with Crippen LogP contribution in [0.1, 0.15) is 31.7 Å². The predicted molar refractivity (Wildman–Crippen MR) is 104 cm³/mol. The first-order valence-electron chi connectivity index (χ1n) is 9.23. The molecule has 138 valence electrons. The van der Waals surface area contributed by atoms with Crippen molar-refractivity contribution in [2.45, 2.75) is 38.8 Å². The first-order chi connectivity index (χ1) is 12.6. The Morgan fingerprint density at radius 1 is 1.15 bits per heavy atom. The van der Waals surface area contributed by atoms with Gasteiger partial charge in [-0.15, -0.1) is 0 Å². The number of nitrogens with zero attached hydrogens (tertiary/aromatic N) is 1. The van der Waals surface area contributed by atoms with Gasteiger partial charge in [0.2, 0.25) is 5.91 Å². The van der Waals surface area contributed by atoms with E-state index in [4.69, 9.17) is 0 Å². The first-order valence-corrected chi connectivity index (χ1v) is 9.23. The average molecular weight is 355 g/mol. The van der Waals surface area contributed by atoms with Gasteiger partial charge in [0.25, 0.3) is 0 Å². The number of halogens is 1. The van der Waals surface area contributed by atoms with Crippen LogP contribution in [0.4, 0.5) is 15.8 Å². The smallest absolute Gasteiger partial charge is 0.225 e. The number of rotatable bonds is 7. The number of carbonyl (C=O) groups is 1. The standard InChI is InChI=1S/C21H26FN3O/c1-16(23-15-17-7-2-3-10-20(17)22)13-21(26)24-18-8-6-9-19(14-18)25-11-4-5-12-25/h2-3,6-10,14,16,23H,4-5,11-13,15H2,1H3,(H,24,26). The molecular formula is C21H26FN3O. The summed E-state index contributed by atoms with van der Waals surface area (Å²) >= 11 is 0. The van der Waals surface area contributed by atoms with Crippen molar-refractivity contribution in [2.24, 2.45) is 0 Å². The molecule has 1 heterocycles. The molecule has 1 unspecified atom stereocenters. The van der Waals surface area contributed by atoms with Gasteiger partial charge in [0.05, 0.1) is 0 Å². The van der Waals surface area contributed by atoms with Crippen molar-refractivity contribution in [3.05, 3.63) is 59.9 Å². The maximum absolute atomic E-state index is 13.6. The van der Waals surface area contributed by atoms with Crippen LogP contribution in [0.3, 0.4) is 0 Å². The molecule has 2 aromatic rings. The minimum Gasteiger partial charge on any atom is -0.371 e. The second-order valence-corrected chi connectivity index (χ2v) is 6.87. The average Bonchev–Trinajstić information content (AvgIpc) is 3.16. The van der Waals surface area contributed by atoms with Gasteiger partial charge in [0.1, 0.15) is 5.82 Å². The van der Waals surface area contributed by atoms with Gasteiger partial charge in [0, 0.05) is 49.0 Å². The van der Waals surface area contributed by atoms with Gasteiger partial charge in [-0.05, 0) is 44.0 Å². The van der Waals surface area contributed by atoms with E-state index in [1.54, 1.807) is 12.1 Å². The van der Waals surface area contributed by atoms with E-state index in [9.17, 15) is 9.18 Å². The third-order valence-electron chi connectivity index (χ3n) is 4.69. The Bertz CT molecular complexity index is 744. The van der Waals surface area contributed by atoms with Crippen molar-refractivity contribution in [1.82, 2.24) is 5.32 Å². The molecule has 3 rings (SSSR count). The summed E-state index contributed by atoms with van der Waals surface area (Å²) in [6.45, 7) is 4.50. The Kier molecular flexibility index (Phi) is 6.23. The fraction of sp³-hybridized carbons (Fsp3) is 0.381. The highest BCUT2D eigenvalue weighted by molar-refractivity contribution is 5.91. The van der Waals surface area contributed by atoms with Crippen molar-refractivity contribution >= 4 is 17.3 Å². The fourth-order valence-electron chi connectivity index (χ4n) is 3.24. The molecule has 2 N–H and O–H groups in total. The van der Waals surface area contributed by atoms with E-state index in [2.05, 4.69) is 21.6 Å². The molecule has 1 aliphatic heterocycles. The van der Waals surface area contributed by atoms with E-state index in [-0.39, 0.29) is 17.8 Å². The summed E-state index contributed by atoms with van der Waals surface area (Å²) in [4.78, 5) is 14.6. The maximum Gasteiger partial charge on any atom is 0.225 e. The summed E-state index contributed by atoms with van der Waals surface area (Å²) in [6.07, 6.45) is 2.78. The number of benzene rings is 2. The van der Waals surface area contributed by atoms with Crippen LogP contribution in [0, 0.1) is 5.82 Å². The minimum absolute atomic E-state index is 0.0443. The van der Waals surface area contributed by atoms with E-state index in [1.807, 2.05) is 31.2 Å². The summed E-state index contributed by atoms with van der Waals surface area (Å²) in [6, 6.07) is 14.6. The third kappa shape index (κ3) is 5.05. The van der Waals surface area contributed by atoms with Gasteiger partial charge in [0.15, 0.2) is 0 Å². The van der Waals surface area contributed by atoms with Gasteiger partial charge in [-0.1, -0.05) is 24.3 Å². The second-order valence-electron chi connectivity index (χ2n) is 6.87. The Labute approximate surface area is 154 Å². The highest BCUT2D eigenvalue weighted by atomic mass is 19.1. The highest BCUT2D eigenvalue weighted by Gasteiger charge is 2.14. The molecule has 0 aliphatic carbocycles. The molecule has 1 atom stereocenters. The Morgan fingerprint density at radius 3 is 2.69 bits per heavy atom. The highest BCUT2D eigenvalue weighted by Crippen LogP contribution is 2.23. The van der Waals surface area contributed by atoms with Gasteiger partial charge >= 0.3 is 0 Å². The summed E-state index contributed by atoms with van der Waals surface area (Å²) in [7, 11) is 0. The largest absolute Gasteiger partial charge is 0.371 e. The van der Waals surface area contributed by atoms with Crippen molar-refractivity contribution in [2.75, 3.05) is 23.3 Å². The molecule has 1 amide bonds. The Morgan fingerprint density at radius 2 is 1.92 bits per heavy atom. The molecular weight excluding hydrogens is 329 g/mol. The van der Waals surface area contributed by atoms with E-state index in [1.165, 1.54) is 18.9 Å². The molecule has 5 heteroatoms. The van der Waals surface area contributed by atoms with Crippen LogP contribution in [0.25, 0.3) is 0 Å². The molecule has 1 aliphatic rings. The van der Waals surface area contributed by atoms with Crippen molar-refractivity contribution in [3.8, 4) is 0 Å². The normalized spacial score (nSPS) is 15.1. The summed E-state index contributed by atoms with van der Waals surface area (Å²) in [5, 5.41) is 6.17. The zero-order valence-electron chi connectivity index (χ0n) is 15.2. The molecule has 2 aromatic carbocycles. The monoisotopic (exact) mass is 355 g/mol. The Balaban J connectivity index is 1.49.